The second kappa shape index (κ2) is 9.61. The molecule has 0 aliphatic carbocycles. The molecule has 1 aliphatic rings. The first-order valence-corrected chi connectivity index (χ1v) is 9.48. The first kappa shape index (κ1) is 19.5. The molecular formula is C23H24N2O3. The molecule has 2 amide bonds. The van der Waals surface area contributed by atoms with Crippen molar-refractivity contribution < 1.29 is 14.3 Å². The summed E-state index contributed by atoms with van der Waals surface area (Å²) in [5.74, 6) is 6.62. The van der Waals surface area contributed by atoms with Crippen molar-refractivity contribution in [1.29, 1.82) is 0 Å². The molecule has 2 aromatic rings. The van der Waals surface area contributed by atoms with E-state index >= 15 is 0 Å². The molecule has 1 fully saturated rings. The average molecular weight is 376 g/mol. The molecule has 1 N–H and O–H groups in total. The van der Waals surface area contributed by atoms with Crippen LogP contribution in [0.1, 0.15) is 30.4 Å². The maximum atomic E-state index is 12.0. The normalized spacial score (nSPS) is 13.5. The molecule has 0 radical (unpaired) electrons. The second-order valence-electron chi connectivity index (χ2n) is 6.68. The number of anilines is 1. The minimum atomic E-state index is -0.212. The highest BCUT2D eigenvalue weighted by Gasteiger charge is 2.19. The summed E-state index contributed by atoms with van der Waals surface area (Å²) in [7, 11) is 0. The fourth-order valence-corrected chi connectivity index (χ4v) is 3.01. The van der Waals surface area contributed by atoms with E-state index in [2.05, 4.69) is 17.2 Å². The summed E-state index contributed by atoms with van der Waals surface area (Å²) < 4.78 is 5.50. The summed E-state index contributed by atoms with van der Waals surface area (Å²) in [6, 6.07) is 15.2. The van der Waals surface area contributed by atoms with E-state index in [0.717, 1.165) is 36.2 Å². The van der Waals surface area contributed by atoms with E-state index in [0.29, 0.717) is 12.2 Å². The summed E-state index contributed by atoms with van der Waals surface area (Å²) in [5.41, 5.74) is 2.75. The van der Waals surface area contributed by atoms with E-state index in [1.807, 2.05) is 60.4 Å². The number of hydrogen-bond donors (Lipinski definition) is 1. The molecule has 28 heavy (non-hydrogen) atoms. The lowest BCUT2D eigenvalue weighted by molar-refractivity contribution is -0.123. The number of aryl methyl sites for hydroxylation is 1. The fraction of sp³-hybridized carbons (Fsp3) is 0.304. The van der Waals surface area contributed by atoms with Crippen LogP contribution in [-0.2, 0) is 9.59 Å². The Labute approximate surface area is 165 Å². The highest BCUT2D eigenvalue weighted by molar-refractivity contribution is 5.94. The molecule has 1 saturated heterocycles. The van der Waals surface area contributed by atoms with Gasteiger partial charge in [0.05, 0.1) is 6.54 Å². The summed E-state index contributed by atoms with van der Waals surface area (Å²) in [6.45, 7) is 2.93. The summed E-state index contributed by atoms with van der Waals surface area (Å²) in [5, 5.41) is 2.72. The number of amides is 2. The molecule has 1 aliphatic heterocycles. The highest BCUT2D eigenvalue weighted by Crippen LogP contribution is 2.21. The van der Waals surface area contributed by atoms with Crippen LogP contribution in [-0.4, -0.2) is 31.5 Å². The van der Waals surface area contributed by atoms with Crippen molar-refractivity contribution in [3.63, 3.8) is 0 Å². The first-order valence-electron chi connectivity index (χ1n) is 9.48. The van der Waals surface area contributed by atoms with Gasteiger partial charge < -0.3 is 15.0 Å². The van der Waals surface area contributed by atoms with Crippen molar-refractivity contribution in [2.45, 2.75) is 26.2 Å². The Morgan fingerprint density at radius 3 is 2.68 bits per heavy atom. The van der Waals surface area contributed by atoms with Crippen molar-refractivity contribution in [3.8, 4) is 17.6 Å². The number of carbonyl (C=O) groups excluding carboxylic acids is 2. The third-order valence-corrected chi connectivity index (χ3v) is 4.56. The van der Waals surface area contributed by atoms with Crippen LogP contribution in [0.2, 0.25) is 0 Å². The van der Waals surface area contributed by atoms with Crippen molar-refractivity contribution in [2.75, 3.05) is 24.6 Å². The van der Waals surface area contributed by atoms with Crippen LogP contribution in [0, 0.1) is 18.8 Å². The average Bonchev–Trinajstić information content (AvgIpc) is 2.71. The van der Waals surface area contributed by atoms with E-state index in [-0.39, 0.29) is 25.0 Å². The number of piperidine rings is 1. The molecule has 5 nitrogen and oxygen atoms in total. The Morgan fingerprint density at radius 2 is 1.93 bits per heavy atom. The molecule has 0 atom stereocenters. The van der Waals surface area contributed by atoms with Crippen LogP contribution in [0.5, 0.6) is 5.75 Å². The third kappa shape index (κ3) is 5.37. The number of nitrogens with one attached hydrogen (secondary N) is 1. The molecule has 0 saturated carbocycles. The lowest BCUT2D eigenvalue weighted by Gasteiger charge is -2.26. The zero-order chi connectivity index (χ0) is 19.8. The largest absolute Gasteiger partial charge is 0.484 e. The van der Waals surface area contributed by atoms with Crippen LogP contribution in [0.25, 0.3) is 0 Å². The Morgan fingerprint density at radius 1 is 1.14 bits per heavy atom. The van der Waals surface area contributed by atoms with Gasteiger partial charge in [-0.1, -0.05) is 30.0 Å². The Kier molecular flexibility index (Phi) is 6.69. The van der Waals surface area contributed by atoms with Gasteiger partial charge in [0.2, 0.25) is 5.91 Å². The Balaban J connectivity index is 1.44. The van der Waals surface area contributed by atoms with Crippen LogP contribution < -0.4 is 15.0 Å². The SMILES string of the molecule is Cc1ccccc1OCC(=O)NCC#Cc1ccc(N2CCCCC2=O)cc1. The minimum Gasteiger partial charge on any atom is -0.484 e. The standard InChI is InChI=1S/C23H24N2O3/c1-18-7-2-3-9-21(18)28-17-22(26)24-15-6-8-19-11-13-20(14-12-19)25-16-5-4-10-23(25)27/h2-3,7,9,11-14H,4-5,10,15-17H2,1H3,(H,24,26). The Bertz CT molecular complexity index is 894. The summed E-state index contributed by atoms with van der Waals surface area (Å²) >= 11 is 0. The van der Waals surface area contributed by atoms with Crippen molar-refractivity contribution in [2.24, 2.45) is 0 Å². The molecule has 3 rings (SSSR count). The number of para-hydroxylation sites is 1. The minimum absolute atomic E-state index is 0.0366. The van der Waals surface area contributed by atoms with E-state index in [1.165, 1.54) is 0 Å². The van der Waals surface area contributed by atoms with E-state index in [4.69, 9.17) is 4.74 Å². The molecule has 0 bridgehead atoms. The predicted octanol–water partition coefficient (Wildman–Crippen LogP) is 3.06. The van der Waals surface area contributed by atoms with Gasteiger partial charge >= 0.3 is 0 Å². The maximum absolute atomic E-state index is 12.0. The number of ether oxygens (including phenoxy) is 1. The van der Waals surface area contributed by atoms with Gasteiger partial charge in [-0.05, 0) is 55.7 Å². The zero-order valence-corrected chi connectivity index (χ0v) is 16.0. The molecule has 5 heteroatoms. The molecule has 2 aromatic carbocycles. The number of hydrogen-bond acceptors (Lipinski definition) is 3. The lowest BCUT2D eigenvalue weighted by Crippen LogP contribution is -2.35. The van der Waals surface area contributed by atoms with E-state index < -0.39 is 0 Å². The molecule has 1 heterocycles. The van der Waals surface area contributed by atoms with Gasteiger partial charge in [0.15, 0.2) is 6.61 Å². The smallest absolute Gasteiger partial charge is 0.258 e. The number of benzene rings is 2. The van der Waals surface area contributed by atoms with E-state index in [9.17, 15) is 9.59 Å². The van der Waals surface area contributed by atoms with Gasteiger partial charge in [0, 0.05) is 24.2 Å². The van der Waals surface area contributed by atoms with Crippen molar-refractivity contribution in [1.82, 2.24) is 5.32 Å². The van der Waals surface area contributed by atoms with Crippen LogP contribution >= 0.6 is 0 Å². The van der Waals surface area contributed by atoms with Gasteiger partial charge in [0.1, 0.15) is 5.75 Å². The zero-order valence-electron chi connectivity index (χ0n) is 16.0. The molecule has 0 unspecified atom stereocenters. The van der Waals surface area contributed by atoms with Gasteiger partial charge in [0.25, 0.3) is 5.91 Å². The molecular weight excluding hydrogens is 352 g/mol. The van der Waals surface area contributed by atoms with Crippen LogP contribution in [0.15, 0.2) is 48.5 Å². The topological polar surface area (TPSA) is 58.6 Å². The second-order valence-corrected chi connectivity index (χ2v) is 6.68. The maximum Gasteiger partial charge on any atom is 0.258 e. The predicted molar refractivity (Wildman–Crippen MR) is 109 cm³/mol. The van der Waals surface area contributed by atoms with Crippen LogP contribution in [0.3, 0.4) is 0 Å². The molecule has 144 valence electrons. The Hall–Kier alpha value is -3.26. The van der Waals surface area contributed by atoms with Gasteiger partial charge in [-0.3, -0.25) is 9.59 Å². The van der Waals surface area contributed by atoms with E-state index in [1.54, 1.807) is 0 Å². The quantitative estimate of drug-likeness (QED) is 0.816. The summed E-state index contributed by atoms with van der Waals surface area (Å²) in [6.07, 6.45) is 2.63. The van der Waals surface area contributed by atoms with Gasteiger partial charge in [-0.15, -0.1) is 0 Å². The van der Waals surface area contributed by atoms with Crippen LogP contribution in [0.4, 0.5) is 5.69 Å². The fourth-order valence-electron chi connectivity index (χ4n) is 3.01. The van der Waals surface area contributed by atoms with Crippen molar-refractivity contribution in [3.05, 3.63) is 59.7 Å². The third-order valence-electron chi connectivity index (χ3n) is 4.56. The highest BCUT2D eigenvalue weighted by atomic mass is 16.5. The molecule has 0 aromatic heterocycles. The van der Waals surface area contributed by atoms with Gasteiger partial charge in [-0.25, -0.2) is 0 Å². The monoisotopic (exact) mass is 376 g/mol. The van der Waals surface area contributed by atoms with Crippen molar-refractivity contribution >= 4 is 17.5 Å². The lowest BCUT2D eigenvalue weighted by atomic mass is 10.1. The summed E-state index contributed by atoms with van der Waals surface area (Å²) in [4.78, 5) is 25.6. The molecule has 0 spiro atoms. The number of rotatable bonds is 5. The van der Waals surface area contributed by atoms with Gasteiger partial charge in [-0.2, -0.15) is 0 Å². The number of carbonyl (C=O) groups is 2. The number of nitrogens with zero attached hydrogens (tertiary/aromatic N) is 1. The first-order chi connectivity index (χ1) is 13.6.